The molecule has 0 saturated carbocycles. The van der Waals surface area contributed by atoms with Gasteiger partial charge in [-0.25, -0.2) is 0 Å². The minimum atomic E-state index is -4.61. The Morgan fingerprint density at radius 3 is 1.00 bits per heavy atom. The second kappa shape index (κ2) is 8.78. The number of rotatable bonds is 0. The first-order chi connectivity index (χ1) is 2.00. The molecule has 0 amide bonds. The average molecular weight is 164 g/mol. The first kappa shape index (κ1) is 22.6. The molecule has 8 heavy (non-hydrogen) atoms. The second-order valence-corrected chi connectivity index (χ2v) is 1.80. The van der Waals surface area contributed by atoms with Crippen LogP contribution in [0, 0.1) is 0 Å². The Labute approximate surface area is 90.0 Å². The third kappa shape index (κ3) is 113. The van der Waals surface area contributed by atoms with E-state index in [2.05, 4.69) is 0 Å². The molecule has 0 bridgehead atoms. The van der Waals surface area contributed by atoms with Crippen LogP contribution in [-0.2, 0) is 0 Å². The fraction of sp³-hybridized carbons (Fsp3) is 0. The van der Waals surface area contributed by atoms with Gasteiger partial charge in [-0.3, -0.25) is 0 Å². The zero-order valence-electron chi connectivity index (χ0n) is 7.50. The van der Waals surface area contributed by atoms with Crippen LogP contribution in [0.4, 0.5) is 0 Å². The van der Waals surface area contributed by atoms with Crippen molar-refractivity contribution in [2.24, 2.45) is 0 Å². The minimum absolute atomic E-state index is 0. The van der Waals surface area contributed by atoms with Crippen molar-refractivity contribution in [3.63, 3.8) is 0 Å². The predicted octanol–water partition coefficient (Wildman–Crippen LogP) is -6.47. The van der Waals surface area contributed by atoms with E-state index in [0.717, 1.165) is 0 Å². The second-order valence-electron chi connectivity index (χ2n) is 0.600. The molecule has 0 spiro atoms. The normalized spacial score (nSPS) is 7.50. The molecule has 8 heteroatoms. The molecule has 0 atom stereocenters. The summed E-state index contributed by atoms with van der Waals surface area (Å²) in [4.78, 5) is 29.3. The summed E-state index contributed by atoms with van der Waals surface area (Å²) in [6.07, 6.45) is 0. The van der Waals surface area contributed by atoms with Gasteiger partial charge in [0, 0.05) is 0 Å². The van der Waals surface area contributed by atoms with Gasteiger partial charge in [0.1, 0.15) is 0 Å². The van der Waals surface area contributed by atoms with Gasteiger partial charge in [0.15, 0.2) is 0 Å². The van der Waals surface area contributed by atoms with Gasteiger partial charge >= 0.3 is 61.7 Å². The van der Waals surface area contributed by atoms with E-state index < -0.39 is 9.05 Å². The number of hydrogen-bond donors (Lipinski definition) is 4. The van der Waals surface area contributed by atoms with Crippen LogP contribution in [-0.4, -0.2) is 56.8 Å². The molecule has 0 fully saturated rings. The molecule has 0 heterocycles. The van der Waals surface area contributed by atoms with Crippen molar-refractivity contribution in [3.8, 4) is 0 Å². The zero-order valence-corrected chi connectivity index (χ0v) is 8.91. The predicted molar refractivity (Wildman–Crippen MR) is 27.3 cm³/mol. The molecule has 0 aliphatic rings. The zero-order chi connectivity index (χ0) is 4.50. The van der Waals surface area contributed by atoms with E-state index in [9.17, 15) is 0 Å². The summed E-state index contributed by atoms with van der Waals surface area (Å²) in [7, 11) is -4.61. The van der Waals surface area contributed by atoms with E-state index >= 15 is 0 Å². The molecule has 0 aromatic rings. The van der Waals surface area contributed by atoms with Crippen molar-refractivity contribution >= 4 is 32.1 Å². The monoisotopic (exact) mass is 164 g/mol. The van der Waals surface area contributed by atoms with Crippen LogP contribution in [0.2, 0.25) is 0 Å². The van der Waals surface area contributed by atoms with Crippen LogP contribution in [0.3, 0.4) is 0 Å². The van der Waals surface area contributed by atoms with Crippen LogP contribution < -0.4 is 29.6 Å². The molecule has 0 saturated heterocycles. The summed E-state index contributed by atoms with van der Waals surface area (Å²) < 4.78 is 0. The van der Waals surface area contributed by atoms with Gasteiger partial charge < -0.3 is 28.9 Å². The number of hydrogen-bond acceptors (Lipinski definition) is 4. The quantitative estimate of drug-likeness (QED) is 0.267. The van der Waals surface area contributed by atoms with E-state index in [0.29, 0.717) is 0 Å². The Kier molecular flexibility index (Phi) is 24.8. The fourth-order valence-electron chi connectivity index (χ4n) is 0. The Morgan fingerprint density at radius 2 is 1.00 bits per heavy atom. The van der Waals surface area contributed by atoms with Crippen LogP contribution >= 0.6 is 0 Å². The largest absolute Gasteiger partial charge is 2.00 e. The van der Waals surface area contributed by atoms with Crippen LogP contribution in [0.5, 0.6) is 0 Å². The van der Waals surface area contributed by atoms with E-state index in [1.807, 2.05) is 0 Å². The van der Waals surface area contributed by atoms with Crippen molar-refractivity contribution in [3.05, 3.63) is 0 Å². The van der Waals surface area contributed by atoms with Gasteiger partial charge in [0.2, 0.25) is 0 Å². The molecular formula is H9MgNaO5Si. The first-order valence-corrected chi connectivity index (χ1v) is 2.68. The van der Waals surface area contributed by atoms with Crippen molar-refractivity contribution in [1.82, 2.24) is 0 Å². The van der Waals surface area contributed by atoms with Crippen LogP contribution in [0.25, 0.3) is 0 Å². The Hall–Kier alpha value is 1.78. The van der Waals surface area contributed by atoms with E-state index in [4.69, 9.17) is 19.2 Å². The molecule has 0 unspecified atom stereocenters. The third-order valence-electron chi connectivity index (χ3n) is 0. The van der Waals surface area contributed by atoms with Gasteiger partial charge in [-0.15, -0.1) is 0 Å². The molecular weight excluding hydrogens is 155 g/mol. The molecule has 0 aliphatic carbocycles. The van der Waals surface area contributed by atoms with Gasteiger partial charge in [-0.05, 0) is 0 Å². The first-order valence-electron chi connectivity index (χ1n) is 0.894. The summed E-state index contributed by atoms with van der Waals surface area (Å²) in [5.41, 5.74) is 0. The standard InChI is InChI=1S/Mg.Na.H4O4Si.H2O.3H/c;;1-5(2,3)4;;;;/h;;1-4H;1H2;;;/q+2;+1;;;3*-1. The smallest absolute Gasteiger partial charge is 1.00 e. The summed E-state index contributed by atoms with van der Waals surface area (Å²) in [5.74, 6) is 0. The van der Waals surface area contributed by atoms with Gasteiger partial charge in [-0.2, -0.15) is 0 Å². The van der Waals surface area contributed by atoms with Crippen LogP contribution in [0.15, 0.2) is 0 Å². The maximum absolute atomic E-state index is 7.33. The summed E-state index contributed by atoms with van der Waals surface area (Å²) in [6, 6.07) is 0. The summed E-state index contributed by atoms with van der Waals surface area (Å²) in [5, 5.41) is 0. The summed E-state index contributed by atoms with van der Waals surface area (Å²) in [6.45, 7) is 0. The average Bonchev–Trinajstić information content (AvgIpc) is 0.722. The summed E-state index contributed by atoms with van der Waals surface area (Å²) >= 11 is 0. The van der Waals surface area contributed by atoms with Gasteiger partial charge in [0.05, 0.1) is 0 Å². The van der Waals surface area contributed by atoms with Gasteiger partial charge in [-0.1, -0.05) is 0 Å². The van der Waals surface area contributed by atoms with Crippen molar-refractivity contribution in [2.75, 3.05) is 0 Å². The van der Waals surface area contributed by atoms with Crippen molar-refractivity contribution in [1.29, 1.82) is 0 Å². The maximum atomic E-state index is 7.33. The Morgan fingerprint density at radius 1 is 1.00 bits per heavy atom. The maximum Gasteiger partial charge on any atom is 2.00 e. The molecule has 0 rings (SSSR count). The van der Waals surface area contributed by atoms with E-state index in [1.165, 1.54) is 0 Å². The fourth-order valence-corrected chi connectivity index (χ4v) is 0. The third-order valence-corrected chi connectivity index (χ3v) is 0. The van der Waals surface area contributed by atoms with Crippen molar-refractivity contribution < 1.29 is 58.5 Å². The minimum Gasteiger partial charge on any atom is -1.00 e. The molecule has 46 valence electrons. The molecule has 0 aromatic heterocycles. The Bertz CT molecular complexity index is 37.2. The molecule has 5 nitrogen and oxygen atoms in total. The van der Waals surface area contributed by atoms with Crippen LogP contribution in [0.1, 0.15) is 4.28 Å². The van der Waals surface area contributed by atoms with Gasteiger partial charge in [0.25, 0.3) is 0 Å². The molecule has 0 radical (unpaired) electrons. The SMILES string of the molecule is O.O[Si](O)(O)O.[H-].[H-].[H-].[Mg+2].[Na+]. The van der Waals surface area contributed by atoms with E-state index in [-0.39, 0.29) is 62.4 Å². The van der Waals surface area contributed by atoms with E-state index in [1.54, 1.807) is 0 Å². The molecule has 6 N–H and O–H groups in total. The Balaban J connectivity index is -0.00000000533. The molecule has 0 aromatic carbocycles. The topological polar surface area (TPSA) is 112 Å². The molecule has 0 aliphatic heterocycles. The van der Waals surface area contributed by atoms with Crippen molar-refractivity contribution in [2.45, 2.75) is 0 Å².